The number of nitrogens with zero attached hydrogens (tertiary/aromatic N) is 2. The highest BCUT2D eigenvalue weighted by molar-refractivity contribution is 9.10. The molecule has 1 N–H and O–H groups in total. The summed E-state index contributed by atoms with van der Waals surface area (Å²) in [5.74, 6) is -1.35. The summed E-state index contributed by atoms with van der Waals surface area (Å²) < 4.78 is 0.535. The molecule has 1 aliphatic rings. The minimum Gasteiger partial charge on any atom is -0.316 e. The zero-order valence-electron chi connectivity index (χ0n) is 10.2. The third-order valence-electron chi connectivity index (χ3n) is 2.86. The van der Waals surface area contributed by atoms with E-state index in [1.807, 2.05) is 0 Å². The lowest BCUT2D eigenvalue weighted by Gasteiger charge is -2.33. The largest absolute Gasteiger partial charge is 0.316 e. The Morgan fingerprint density at radius 3 is 2.95 bits per heavy atom. The van der Waals surface area contributed by atoms with Crippen molar-refractivity contribution in [3.8, 4) is 0 Å². The number of carbonyl (C=O) groups excluding carboxylic acids is 3. The molecular formula is C12H12BrN3O3. The molecule has 100 valence electrons. The molecule has 0 radical (unpaired) electrons. The topological polar surface area (TPSA) is 79.4 Å². The Morgan fingerprint density at radius 2 is 2.32 bits per heavy atom. The second-order valence-electron chi connectivity index (χ2n) is 4.10. The highest BCUT2D eigenvalue weighted by Gasteiger charge is 2.36. The number of rotatable bonds is 2. The highest BCUT2D eigenvalue weighted by atomic mass is 79.9. The number of carbonyl (C=O) groups is 3. The van der Waals surface area contributed by atoms with Gasteiger partial charge in [-0.05, 0) is 34.5 Å². The van der Waals surface area contributed by atoms with Crippen LogP contribution in [-0.4, -0.2) is 40.2 Å². The number of nitrogens with one attached hydrogen (secondary N) is 1. The van der Waals surface area contributed by atoms with Crippen LogP contribution in [-0.2, 0) is 9.59 Å². The van der Waals surface area contributed by atoms with Crippen LogP contribution >= 0.6 is 15.9 Å². The number of halogens is 1. The minimum atomic E-state index is -0.640. The predicted molar refractivity (Wildman–Crippen MR) is 70.2 cm³/mol. The van der Waals surface area contributed by atoms with Crippen LogP contribution in [0.4, 0.5) is 0 Å². The molecule has 1 aromatic heterocycles. The van der Waals surface area contributed by atoms with Gasteiger partial charge in [0.25, 0.3) is 5.91 Å². The van der Waals surface area contributed by atoms with Crippen molar-refractivity contribution in [2.45, 2.75) is 19.4 Å². The van der Waals surface area contributed by atoms with E-state index < -0.39 is 23.8 Å². The molecule has 1 unspecified atom stereocenters. The predicted octanol–water partition coefficient (Wildman–Crippen LogP) is 0.721. The van der Waals surface area contributed by atoms with Gasteiger partial charge < -0.3 is 4.90 Å². The summed E-state index contributed by atoms with van der Waals surface area (Å²) in [4.78, 5) is 40.7. The summed E-state index contributed by atoms with van der Waals surface area (Å²) >= 11 is 3.24. The van der Waals surface area contributed by atoms with Crippen LogP contribution in [0.25, 0.3) is 0 Å². The molecule has 1 atom stereocenters. The van der Waals surface area contributed by atoms with Gasteiger partial charge in [0.2, 0.25) is 11.8 Å². The summed E-state index contributed by atoms with van der Waals surface area (Å²) in [6.07, 6.45) is 1.93. The Kier molecular flexibility index (Phi) is 3.94. The molecule has 1 fully saturated rings. The van der Waals surface area contributed by atoms with Crippen molar-refractivity contribution >= 4 is 33.7 Å². The number of hydrogen-bond acceptors (Lipinski definition) is 4. The van der Waals surface area contributed by atoms with Crippen molar-refractivity contribution in [1.29, 1.82) is 0 Å². The van der Waals surface area contributed by atoms with E-state index in [4.69, 9.17) is 0 Å². The fourth-order valence-electron chi connectivity index (χ4n) is 1.96. The molecule has 0 aromatic carbocycles. The molecule has 6 nitrogen and oxygen atoms in total. The lowest BCUT2D eigenvalue weighted by atomic mass is 10.1. The summed E-state index contributed by atoms with van der Waals surface area (Å²) in [7, 11) is 0. The maximum absolute atomic E-state index is 12.4. The first-order valence-electron chi connectivity index (χ1n) is 5.79. The van der Waals surface area contributed by atoms with E-state index in [0.717, 1.165) is 0 Å². The molecule has 19 heavy (non-hydrogen) atoms. The summed E-state index contributed by atoms with van der Waals surface area (Å²) in [6, 6.07) is 2.73. The van der Waals surface area contributed by atoms with E-state index in [1.54, 1.807) is 19.1 Å². The van der Waals surface area contributed by atoms with Gasteiger partial charge >= 0.3 is 0 Å². The van der Waals surface area contributed by atoms with Crippen molar-refractivity contribution in [2.24, 2.45) is 0 Å². The van der Waals surface area contributed by atoms with E-state index in [9.17, 15) is 14.4 Å². The van der Waals surface area contributed by atoms with E-state index in [2.05, 4.69) is 26.2 Å². The normalized spacial score (nSPS) is 19.3. The van der Waals surface area contributed by atoms with Crippen LogP contribution in [0.15, 0.2) is 22.8 Å². The third-order valence-corrected chi connectivity index (χ3v) is 3.50. The maximum Gasteiger partial charge on any atom is 0.274 e. The van der Waals surface area contributed by atoms with E-state index >= 15 is 0 Å². The van der Waals surface area contributed by atoms with Gasteiger partial charge in [0.1, 0.15) is 18.3 Å². The monoisotopic (exact) mass is 325 g/mol. The lowest BCUT2D eigenvalue weighted by molar-refractivity contribution is -0.138. The fourth-order valence-corrected chi connectivity index (χ4v) is 2.39. The van der Waals surface area contributed by atoms with Gasteiger partial charge in [0, 0.05) is 10.7 Å². The zero-order chi connectivity index (χ0) is 14.0. The Bertz CT molecular complexity index is 547. The molecular weight excluding hydrogens is 314 g/mol. The smallest absolute Gasteiger partial charge is 0.274 e. The minimum absolute atomic E-state index is 0.133. The molecule has 0 bridgehead atoms. The zero-order valence-corrected chi connectivity index (χ0v) is 11.8. The highest BCUT2D eigenvalue weighted by Crippen LogP contribution is 2.19. The van der Waals surface area contributed by atoms with Gasteiger partial charge in [0.05, 0.1) is 0 Å². The van der Waals surface area contributed by atoms with Crippen molar-refractivity contribution in [1.82, 2.24) is 15.2 Å². The quantitative estimate of drug-likeness (QED) is 0.813. The van der Waals surface area contributed by atoms with E-state index in [-0.39, 0.29) is 12.2 Å². The molecule has 1 aliphatic heterocycles. The molecule has 0 spiro atoms. The SMILES string of the molecule is CCC1C(=O)NC(=O)CN1C(=O)c1ncccc1Br. The Labute approximate surface area is 118 Å². The summed E-state index contributed by atoms with van der Waals surface area (Å²) in [6.45, 7) is 1.65. The molecule has 1 saturated heterocycles. The number of amides is 3. The number of aromatic nitrogens is 1. The van der Waals surface area contributed by atoms with Crippen LogP contribution in [0.2, 0.25) is 0 Å². The van der Waals surface area contributed by atoms with Crippen LogP contribution in [0.5, 0.6) is 0 Å². The molecule has 7 heteroatoms. The van der Waals surface area contributed by atoms with Gasteiger partial charge in [-0.25, -0.2) is 4.98 Å². The Morgan fingerprint density at radius 1 is 1.58 bits per heavy atom. The molecule has 2 rings (SSSR count). The first-order chi connectivity index (χ1) is 9.04. The first kappa shape index (κ1) is 13.7. The molecule has 1 aromatic rings. The van der Waals surface area contributed by atoms with Gasteiger partial charge in [-0.2, -0.15) is 0 Å². The molecule has 0 aliphatic carbocycles. The second kappa shape index (κ2) is 5.48. The third kappa shape index (κ3) is 2.65. The van der Waals surface area contributed by atoms with Crippen LogP contribution in [0, 0.1) is 0 Å². The van der Waals surface area contributed by atoms with Crippen LogP contribution in [0.3, 0.4) is 0 Å². The lowest BCUT2D eigenvalue weighted by Crippen LogP contribution is -2.59. The van der Waals surface area contributed by atoms with Crippen molar-refractivity contribution in [2.75, 3.05) is 6.54 Å². The van der Waals surface area contributed by atoms with Crippen LogP contribution < -0.4 is 5.32 Å². The van der Waals surface area contributed by atoms with Crippen molar-refractivity contribution < 1.29 is 14.4 Å². The van der Waals surface area contributed by atoms with Crippen molar-refractivity contribution in [3.05, 3.63) is 28.5 Å². The van der Waals surface area contributed by atoms with Gasteiger partial charge in [-0.1, -0.05) is 6.92 Å². The van der Waals surface area contributed by atoms with Gasteiger partial charge in [-0.3, -0.25) is 19.7 Å². The van der Waals surface area contributed by atoms with E-state index in [0.29, 0.717) is 10.9 Å². The van der Waals surface area contributed by atoms with Gasteiger partial charge in [0.15, 0.2) is 0 Å². The first-order valence-corrected chi connectivity index (χ1v) is 6.59. The second-order valence-corrected chi connectivity index (χ2v) is 4.96. The molecule has 0 saturated carbocycles. The molecule has 3 amide bonds. The Hall–Kier alpha value is -1.76. The average molecular weight is 326 g/mol. The number of piperazine rings is 1. The summed E-state index contributed by atoms with van der Waals surface area (Å²) in [5, 5.41) is 2.23. The summed E-state index contributed by atoms with van der Waals surface area (Å²) in [5.41, 5.74) is 0.198. The average Bonchev–Trinajstić information content (AvgIpc) is 2.37. The van der Waals surface area contributed by atoms with Crippen LogP contribution in [0.1, 0.15) is 23.8 Å². The molecule has 2 heterocycles. The maximum atomic E-state index is 12.4. The van der Waals surface area contributed by atoms with Crippen molar-refractivity contribution in [3.63, 3.8) is 0 Å². The number of pyridine rings is 1. The standard InChI is InChI=1S/C12H12BrN3O3/c1-2-8-11(18)15-9(17)6-16(8)12(19)10-7(13)4-3-5-14-10/h3-5,8H,2,6H2,1H3,(H,15,17,18). The fraction of sp³-hybridized carbons (Fsp3) is 0.333. The number of hydrogen-bond donors (Lipinski definition) is 1. The van der Waals surface area contributed by atoms with E-state index in [1.165, 1.54) is 11.1 Å². The Balaban J connectivity index is 2.33. The van der Waals surface area contributed by atoms with Gasteiger partial charge in [-0.15, -0.1) is 0 Å². The number of imide groups is 1.